The van der Waals surface area contributed by atoms with Crippen LogP contribution in [0.5, 0.6) is 0 Å². The highest BCUT2D eigenvalue weighted by molar-refractivity contribution is 5.73. The standard InChI is InChI=1S/C18H29N3O2/c1-2-3-4-9-19-18(22)20-14-16-5-7-17(8-6-16)15-21-10-12-23-13-11-21/h5-8H,2-4,9-15H2,1H3,(H2,19,20,22). The summed E-state index contributed by atoms with van der Waals surface area (Å²) < 4.78 is 5.36. The van der Waals surface area contributed by atoms with Crippen LogP contribution < -0.4 is 10.6 Å². The van der Waals surface area contributed by atoms with Gasteiger partial charge in [0.05, 0.1) is 13.2 Å². The van der Waals surface area contributed by atoms with Gasteiger partial charge in [0.25, 0.3) is 0 Å². The van der Waals surface area contributed by atoms with Gasteiger partial charge in [-0.3, -0.25) is 4.90 Å². The Hall–Kier alpha value is -1.59. The van der Waals surface area contributed by atoms with Gasteiger partial charge in [0.15, 0.2) is 0 Å². The third-order valence-corrected chi connectivity index (χ3v) is 4.05. The lowest BCUT2D eigenvalue weighted by Crippen LogP contribution is -2.36. The van der Waals surface area contributed by atoms with Gasteiger partial charge in [0.2, 0.25) is 0 Å². The maximum Gasteiger partial charge on any atom is 0.315 e. The van der Waals surface area contributed by atoms with Crippen LogP contribution in [0.15, 0.2) is 24.3 Å². The molecule has 1 saturated heterocycles. The van der Waals surface area contributed by atoms with Gasteiger partial charge in [-0.1, -0.05) is 44.0 Å². The van der Waals surface area contributed by atoms with E-state index in [2.05, 4.69) is 46.7 Å². The summed E-state index contributed by atoms with van der Waals surface area (Å²) in [7, 11) is 0. The first-order valence-corrected chi connectivity index (χ1v) is 8.67. The summed E-state index contributed by atoms with van der Waals surface area (Å²) in [6.07, 6.45) is 3.37. The van der Waals surface area contributed by atoms with Gasteiger partial charge in [0.1, 0.15) is 0 Å². The fourth-order valence-corrected chi connectivity index (χ4v) is 2.60. The fraction of sp³-hybridized carbons (Fsp3) is 0.611. The summed E-state index contributed by atoms with van der Waals surface area (Å²) in [5.41, 5.74) is 2.43. The minimum atomic E-state index is -0.0847. The van der Waals surface area contributed by atoms with Crippen LogP contribution in [0.25, 0.3) is 0 Å². The van der Waals surface area contributed by atoms with Gasteiger partial charge >= 0.3 is 6.03 Å². The number of benzene rings is 1. The van der Waals surface area contributed by atoms with E-state index < -0.39 is 0 Å². The second-order valence-electron chi connectivity index (χ2n) is 6.02. The van der Waals surface area contributed by atoms with E-state index >= 15 is 0 Å². The molecule has 0 aliphatic carbocycles. The lowest BCUT2D eigenvalue weighted by molar-refractivity contribution is 0.0342. The van der Waals surface area contributed by atoms with Gasteiger partial charge in [0, 0.05) is 32.7 Å². The molecule has 2 amide bonds. The van der Waals surface area contributed by atoms with E-state index in [0.29, 0.717) is 6.54 Å². The number of morpholine rings is 1. The first kappa shape index (κ1) is 17.8. The van der Waals surface area contributed by atoms with Gasteiger partial charge in [-0.2, -0.15) is 0 Å². The highest BCUT2D eigenvalue weighted by Crippen LogP contribution is 2.09. The summed E-state index contributed by atoms with van der Waals surface area (Å²) in [5, 5.41) is 5.78. The number of unbranched alkanes of at least 4 members (excludes halogenated alkanes) is 2. The van der Waals surface area contributed by atoms with E-state index in [1.54, 1.807) is 0 Å². The molecule has 1 heterocycles. The molecule has 1 aromatic carbocycles. The summed E-state index contributed by atoms with van der Waals surface area (Å²) >= 11 is 0. The number of nitrogens with zero attached hydrogens (tertiary/aromatic N) is 1. The highest BCUT2D eigenvalue weighted by Gasteiger charge is 2.10. The molecule has 1 aliphatic rings. The smallest absolute Gasteiger partial charge is 0.315 e. The predicted octanol–water partition coefficient (Wildman–Crippen LogP) is 2.51. The summed E-state index contributed by atoms with van der Waals surface area (Å²) in [6.45, 7) is 8.10. The molecule has 0 unspecified atom stereocenters. The van der Waals surface area contributed by atoms with Crippen LogP contribution in [0.4, 0.5) is 4.79 Å². The molecule has 0 bridgehead atoms. The van der Waals surface area contributed by atoms with Crippen molar-refractivity contribution < 1.29 is 9.53 Å². The van der Waals surface area contributed by atoms with Crippen LogP contribution in [0.1, 0.15) is 37.3 Å². The van der Waals surface area contributed by atoms with Gasteiger partial charge in [-0.25, -0.2) is 4.79 Å². The molecule has 5 nitrogen and oxygen atoms in total. The Balaban J connectivity index is 1.67. The molecule has 5 heteroatoms. The topological polar surface area (TPSA) is 53.6 Å². The van der Waals surface area contributed by atoms with Gasteiger partial charge in [-0.05, 0) is 17.5 Å². The maximum atomic E-state index is 11.7. The van der Waals surface area contributed by atoms with Gasteiger partial charge < -0.3 is 15.4 Å². The van der Waals surface area contributed by atoms with E-state index in [9.17, 15) is 4.79 Å². The third-order valence-electron chi connectivity index (χ3n) is 4.05. The Morgan fingerprint density at radius 1 is 1.09 bits per heavy atom. The molecule has 0 radical (unpaired) electrons. The van der Waals surface area contributed by atoms with Crippen LogP contribution in [0, 0.1) is 0 Å². The van der Waals surface area contributed by atoms with Crippen molar-refractivity contribution in [3.8, 4) is 0 Å². The van der Waals surface area contributed by atoms with Crippen molar-refractivity contribution in [2.45, 2.75) is 39.3 Å². The quantitative estimate of drug-likeness (QED) is 0.724. The number of urea groups is 1. The number of carbonyl (C=O) groups excluding carboxylic acids is 1. The van der Waals surface area contributed by atoms with Crippen molar-refractivity contribution in [3.05, 3.63) is 35.4 Å². The monoisotopic (exact) mass is 319 g/mol. The van der Waals surface area contributed by atoms with Crippen LogP contribution in [-0.4, -0.2) is 43.8 Å². The van der Waals surface area contributed by atoms with E-state index in [-0.39, 0.29) is 6.03 Å². The third kappa shape index (κ3) is 7.01. The van der Waals surface area contributed by atoms with Crippen LogP contribution in [-0.2, 0) is 17.8 Å². The zero-order valence-electron chi connectivity index (χ0n) is 14.1. The van der Waals surface area contributed by atoms with Crippen LogP contribution >= 0.6 is 0 Å². The molecule has 0 spiro atoms. The lowest BCUT2D eigenvalue weighted by atomic mass is 10.1. The molecule has 128 valence electrons. The molecule has 2 N–H and O–H groups in total. The SMILES string of the molecule is CCCCCNC(=O)NCc1ccc(CN2CCOCC2)cc1. The zero-order chi connectivity index (χ0) is 16.3. The average Bonchev–Trinajstić information content (AvgIpc) is 2.59. The van der Waals surface area contributed by atoms with Crippen molar-refractivity contribution in [1.29, 1.82) is 0 Å². The highest BCUT2D eigenvalue weighted by atomic mass is 16.5. The molecule has 1 aromatic rings. The van der Waals surface area contributed by atoms with Crippen molar-refractivity contribution in [3.63, 3.8) is 0 Å². The predicted molar refractivity (Wildman–Crippen MR) is 92.3 cm³/mol. The minimum Gasteiger partial charge on any atom is -0.379 e. The van der Waals surface area contributed by atoms with E-state index in [1.807, 2.05) is 0 Å². The van der Waals surface area contributed by atoms with Crippen molar-refractivity contribution >= 4 is 6.03 Å². The fourth-order valence-electron chi connectivity index (χ4n) is 2.60. The van der Waals surface area contributed by atoms with Crippen LogP contribution in [0.3, 0.4) is 0 Å². The summed E-state index contributed by atoms with van der Waals surface area (Å²) in [4.78, 5) is 14.1. The second-order valence-corrected chi connectivity index (χ2v) is 6.02. The molecular formula is C18H29N3O2. The Bertz CT molecular complexity index is 456. The summed E-state index contributed by atoms with van der Waals surface area (Å²) in [6, 6.07) is 8.39. The van der Waals surface area contributed by atoms with E-state index in [4.69, 9.17) is 4.74 Å². The number of rotatable bonds is 8. The molecule has 0 aromatic heterocycles. The largest absolute Gasteiger partial charge is 0.379 e. The van der Waals surface area contributed by atoms with E-state index in [0.717, 1.165) is 57.8 Å². The maximum absolute atomic E-state index is 11.7. The molecular weight excluding hydrogens is 290 g/mol. The molecule has 0 atom stereocenters. The summed E-state index contributed by atoms with van der Waals surface area (Å²) in [5.74, 6) is 0. The molecule has 2 rings (SSSR count). The molecule has 23 heavy (non-hydrogen) atoms. The Morgan fingerprint density at radius 2 is 1.78 bits per heavy atom. The normalized spacial score (nSPS) is 15.3. The van der Waals surface area contributed by atoms with Crippen molar-refractivity contribution in [2.24, 2.45) is 0 Å². The first-order chi connectivity index (χ1) is 11.3. The lowest BCUT2D eigenvalue weighted by Gasteiger charge is -2.26. The number of ether oxygens (including phenoxy) is 1. The number of hydrogen-bond donors (Lipinski definition) is 2. The Morgan fingerprint density at radius 3 is 2.48 bits per heavy atom. The molecule has 1 fully saturated rings. The number of amides is 2. The van der Waals surface area contributed by atoms with E-state index in [1.165, 1.54) is 12.0 Å². The Kier molecular flexibility index (Phi) is 7.90. The van der Waals surface area contributed by atoms with Crippen LogP contribution in [0.2, 0.25) is 0 Å². The number of hydrogen-bond acceptors (Lipinski definition) is 3. The molecule has 0 saturated carbocycles. The van der Waals surface area contributed by atoms with Crippen molar-refractivity contribution in [2.75, 3.05) is 32.8 Å². The number of nitrogens with one attached hydrogen (secondary N) is 2. The first-order valence-electron chi connectivity index (χ1n) is 8.67. The number of carbonyl (C=O) groups is 1. The molecule has 1 aliphatic heterocycles. The zero-order valence-corrected chi connectivity index (χ0v) is 14.1. The average molecular weight is 319 g/mol. The second kappa shape index (κ2) is 10.2. The minimum absolute atomic E-state index is 0.0847. The van der Waals surface area contributed by atoms with Crippen molar-refractivity contribution in [1.82, 2.24) is 15.5 Å². The van der Waals surface area contributed by atoms with Gasteiger partial charge in [-0.15, -0.1) is 0 Å². The Labute approximate surface area is 139 Å².